The van der Waals surface area contributed by atoms with E-state index >= 15 is 0 Å². The molecule has 14 heavy (non-hydrogen) atoms. The summed E-state index contributed by atoms with van der Waals surface area (Å²) in [6.45, 7) is 6.35. The highest BCUT2D eigenvalue weighted by Gasteiger charge is 2.02. The van der Waals surface area contributed by atoms with Crippen molar-refractivity contribution in [2.24, 2.45) is 0 Å². The summed E-state index contributed by atoms with van der Waals surface area (Å²) in [4.78, 5) is 31.8. The maximum atomic E-state index is 10.3. The van der Waals surface area contributed by atoms with Crippen molar-refractivity contribution in [3.8, 4) is 0 Å². The van der Waals surface area contributed by atoms with Crippen LogP contribution in [0.2, 0.25) is 0 Å². The summed E-state index contributed by atoms with van der Waals surface area (Å²) in [6.07, 6.45) is 1.40. The lowest BCUT2D eigenvalue weighted by atomic mass is 10.6. The van der Waals surface area contributed by atoms with E-state index in [0.717, 1.165) is 0 Å². The number of ether oxygens (including phenoxy) is 1. The van der Waals surface area contributed by atoms with Crippen molar-refractivity contribution in [1.82, 2.24) is 0 Å². The van der Waals surface area contributed by atoms with Crippen molar-refractivity contribution in [1.29, 1.82) is 0 Å². The van der Waals surface area contributed by atoms with E-state index in [1.807, 2.05) is 0 Å². The first-order valence-electron chi connectivity index (χ1n) is 3.12. The van der Waals surface area contributed by atoms with Gasteiger partial charge in [-0.25, -0.2) is 9.36 Å². The second-order valence-corrected chi connectivity index (χ2v) is 2.87. The Bertz CT molecular complexity index is 245. The van der Waals surface area contributed by atoms with E-state index in [9.17, 15) is 4.79 Å². The molecule has 0 aliphatic rings. The fourth-order valence-electron chi connectivity index (χ4n) is 0.218. The summed E-state index contributed by atoms with van der Waals surface area (Å²) in [7, 11) is -4.64. The Morgan fingerprint density at radius 2 is 1.79 bits per heavy atom. The molecule has 0 radical (unpaired) electrons. The predicted octanol–water partition coefficient (Wildman–Crippen LogP) is -0.141. The third-order valence-electron chi connectivity index (χ3n) is 0.568. The average Bonchev–Trinajstić information content (AvgIpc) is 1.96. The molecule has 0 amide bonds. The van der Waals surface area contributed by atoms with Gasteiger partial charge < -0.3 is 24.5 Å². The molecule has 7 nitrogen and oxygen atoms in total. The molecule has 0 rings (SSSR count). The smallest absolute Gasteiger partial charge is 0.466 e. The quantitative estimate of drug-likeness (QED) is 0.173. The van der Waals surface area contributed by atoms with E-state index in [2.05, 4.69) is 17.9 Å². The zero-order valence-electron chi connectivity index (χ0n) is 7.16. The summed E-state index contributed by atoms with van der Waals surface area (Å²) in [5.74, 6) is -1.40. The summed E-state index contributed by atoms with van der Waals surface area (Å²) in [5.41, 5.74) is 0. The lowest BCUT2D eigenvalue weighted by Crippen LogP contribution is -2.05. The predicted molar refractivity (Wildman–Crippen MR) is 47.2 cm³/mol. The summed E-state index contributed by atoms with van der Waals surface area (Å²) >= 11 is 0. The number of rotatable bonds is 3. The van der Waals surface area contributed by atoms with E-state index in [-0.39, 0.29) is 6.61 Å². The first-order chi connectivity index (χ1) is 6.18. The van der Waals surface area contributed by atoms with Gasteiger partial charge >= 0.3 is 13.8 Å². The molecule has 0 atom stereocenters. The van der Waals surface area contributed by atoms with Crippen LogP contribution in [0.4, 0.5) is 0 Å². The van der Waals surface area contributed by atoms with Crippen LogP contribution >= 0.6 is 7.82 Å². The van der Waals surface area contributed by atoms with Gasteiger partial charge in [0.25, 0.3) is 0 Å². The van der Waals surface area contributed by atoms with Gasteiger partial charge in [0, 0.05) is 0 Å². The Morgan fingerprint density at radius 1 is 1.43 bits per heavy atom. The van der Waals surface area contributed by atoms with Crippen molar-refractivity contribution < 1.29 is 33.9 Å². The van der Waals surface area contributed by atoms with Crippen molar-refractivity contribution in [3.05, 3.63) is 25.0 Å². The minimum Gasteiger partial charge on any atom is -0.502 e. The molecule has 0 aromatic rings. The first-order valence-corrected chi connectivity index (χ1v) is 4.69. The van der Waals surface area contributed by atoms with E-state index in [4.69, 9.17) is 24.4 Å². The van der Waals surface area contributed by atoms with Crippen LogP contribution in [-0.4, -0.2) is 32.4 Å². The van der Waals surface area contributed by atoms with Gasteiger partial charge in [0.2, 0.25) is 0 Å². The molecule has 4 N–H and O–H groups in total. The normalized spacial score (nSPS) is 9.36. The Hall–Kier alpha value is -1.14. The molecular weight excluding hydrogens is 215 g/mol. The van der Waals surface area contributed by atoms with Gasteiger partial charge in [-0.15, -0.1) is 0 Å². The number of phosphoric acid groups is 1. The lowest BCUT2D eigenvalue weighted by Gasteiger charge is -1.96. The highest BCUT2D eigenvalue weighted by molar-refractivity contribution is 7.45. The number of hydrogen-bond acceptors (Lipinski definition) is 4. The fourth-order valence-corrected chi connectivity index (χ4v) is 0.218. The molecule has 82 valence electrons. The highest BCUT2D eigenvalue weighted by atomic mass is 31.2. The van der Waals surface area contributed by atoms with Gasteiger partial charge in [0.05, 0.1) is 0 Å². The number of aliphatic hydroxyl groups excluding tert-OH is 1. The Balaban J connectivity index is 0. The Morgan fingerprint density at radius 3 is 2.00 bits per heavy atom. The van der Waals surface area contributed by atoms with Gasteiger partial charge in [-0.1, -0.05) is 12.7 Å². The maximum absolute atomic E-state index is 10.3. The standard InChI is InChI=1S/C6H8O3.H3O4P/c1-3-4-9-6(8)5(2)7;1-5(2,3)4/h3,7H,1-2,4H2;(H3,1,2,3,4). The molecule has 0 fully saturated rings. The van der Waals surface area contributed by atoms with Crippen LogP contribution in [0.3, 0.4) is 0 Å². The Kier molecular flexibility index (Phi) is 7.98. The molecule has 0 bridgehead atoms. The molecule has 0 heterocycles. The largest absolute Gasteiger partial charge is 0.502 e. The minimum absolute atomic E-state index is 0.0956. The Labute approximate surface area is 80.2 Å². The van der Waals surface area contributed by atoms with Gasteiger partial charge in [-0.05, 0) is 6.58 Å². The number of carbonyl (C=O) groups excluding carboxylic acids is 1. The van der Waals surface area contributed by atoms with Gasteiger partial charge in [0.1, 0.15) is 6.61 Å². The second kappa shape index (κ2) is 7.28. The third kappa shape index (κ3) is 22.4. The molecule has 0 aromatic carbocycles. The molecule has 0 saturated carbocycles. The minimum atomic E-state index is -4.64. The molecular formula is C6H11O7P. The van der Waals surface area contributed by atoms with E-state index in [0.29, 0.717) is 0 Å². The molecule has 0 aromatic heterocycles. The second-order valence-electron chi connectivity index (χ2n) is 1.85. The van der Waals surface area contributed by atoms with Crippen LogP contribution in [-0.2, 0) is 14.1 Å². The van der Waals surface area contributed by atoms with Gasteiger partial charge in [-0.2, -0.15) is 0 Å². The van der Waals surface area contributed by atoms with E-state index in [1.54, 1.807) is 0 Å². The van der Waals surface area contributed by atoms with Crippen molar-refractivity contribution >= 4 is 13.8 Å². The summed E-state index contributed by atoms with van der Waals surface area (Å²) in [5, 5.41) is 8.34. The van der Waals surface area contributed by atoms with Crippen LogP contribution in [0, 0.1) is 0 Å². The van der Waals surface area contributed by atoms with Crippen LogP contribution in [0.5, 0.6) is 0 Å². The number of esters is 1. The molecule has 0 saturated heterocycles. The highest BCUT2D eigenvalue weighted by Crippen LogP contribution is 2.25. The molecule has 0 aliphatic heterocycles. The van der Waals surface area contributed by atoms with E-state index < -0.39 is 19.6 Å². The van der Waals surface area contributed by atoms with Crippen LogP contribution in [0.15, 0.2) is 25.0 Å². The van der Waals surface area contributed by atoms with Crippen molar-refractivity contribution in [2.45, 2.75) is 0 Å². The SMILES string of the molecule is C=CCOC(=O)C(=C)O.O=P(O)(O)O. The van der Waals surface area contributed by atoms with Crippen LogP contribution in [0.25, 0.3) is 0 Å². The zero-order valence-corrected chi connectivity index (χ0v) is 8.05. The topological polar surface area (TPSA) is 124 Å². The van der Waals surface area contributed by atoms with Crippen molar-refractivity contribution in [2.75, 3.05) is 6.61 Å². The average molecular weight is 226 g/mol. The van der Waals surface area contributed by atoms with Crippen molar-refractivity contribution in [3.63, 3.8) is 0 Å². The molecule has 8 heteroatoms. The summed E-state index contributed by atoms with van der Waals surface area (Å²) < 4.78 is 13.2. The van der Waals surface area contributed by atoms with Gasteiger partial charge in [0.15, 0.2) is 5.76 Å². The summed E-state index contributed by atoms with van der Waals surface area (Å²) in [6, 6.07) is 0. The zero-order chi connectivity index (χ0) is 11.8. The number of carbonyl (C=O) groups is 1. The van der Waals surface area contributed by atoms with E-state index in [1.165, 1.54) is 6.08 Å². The first kappa shape index (κ1) is 15.3. The lowest BCUT2D eigenvalue weighted by molar-refractivity contribution is -0.140. The molecule has 0 spiro atoms. The fraction of sp³-hybridized carbons (Fsp3) is 0.167. The van der Waals surface area contributed by atoms with Crippen LogP contribution < -0.4 is 0 Å². The maximum Gasteiger partial charge on any atom is 0.466 e. The van der Waals surface area contributed by atoms with Crippen LogP contribution in [0.1, 0.15) is 0 Å². The van der Waals surface area contributed by atoms with Gasteiger partial charge in [-0.3, -0.25) is 0 Å². The monoisotopic (exact) mass is 226 g/mol. The molecule has 0 unspecified atom stereocenters. The third-order valence-corrected chi connectivity index (χ3v) is 0.568. The number of aliphatic hydroxyl groups is 1. The number of hydrogen-bond donors (Lipinski definition) is 4. The molecule has 0 aliphatic carbocycles.